The molecule has 0 aliphatic heterocycles. The predicted molar refractivity (Wildman–Crippen MR) is 105 cm³/mol. The van der Waals surface area contributed by atoms with E-state index in [1.54, 1.807) is 30.3 Å². The van der Waals surface area contributed by atoms with Crippen LogP contribution in [0, 0.1) is 11.6 Å². The van der Waals surface area contributed by atoms with Crippen molar-refractivity contribution in [3.63, 3.8) is 0 Å². The molecular weight excluding hydrogens is 360 g/mol. The summed E-state index contributed by atoms with van der Waals surface area (Å²) in [4.78, 5) is 0. The first-order valence-electron chi connectivity index (χ1n) is 9.23. The molecule has 3 rings (SSSR count). The second kappa shape index (κ2) is 9.85. The highest BCUT2D eigenvalue weighted by Gasteiger charge is 2.12. The van der Waals surface area contributed by atoms with Crippen LogP contribution in [0.5, 0.6) is 11.5 Å². The Morgan fingerprint density at radius 1 is 0.786 bits per heavy atom. The Bertz CT molecular complexity index is 897. The summed E-state index contributed by atoms with van der Waals surface area (Å²) in [5.74, 6) is 0.670. The lowest BCUT2D eigenvalue weighted by Gasteiger charge is -2.17. The van der Waals surface area contributed by atoms with E-state index in [9.17, 15) is 8.78 Å². The van der Waals surface area contributed by atoms with E-state index >= 15 is 0 Å². The van der Waals surface area contributed by atoms with Crippen LogP contribution in [-0.4, -0.2) is 6.61 Å². The molecule has 0 aliphatic rings. The van der Waals surface area contributed by atoms with Crippen molar-refractivity contribution < 1.29 is 18.3 Å². The maximum atomic E-state index is 13.9. The lowest BCUT2D eigenvalue weighted by Crippen LogP contribution is -2.14. The Morgan fingerprint density at radius 3 is 2.29 bits per heavy atom. The van der Waals surface area contributed by atoms with E-state index in [1.807, 2.05) is 25.1 Å². The van der Waals surface area contributed by atoms with Gasteiger partial charge in [-0.2, -0.15) is 0 Å². The van der Waals surface area contributed by atoms with Gasteiger partial charge in [-0.05, 0) is 36.8 Å². The van der Waals surface area contributed by atoms with Crippen molar-refractivity contribution in [1.82, 2.24) is 5.32 Å². The zero-order chi connectivity index (χ0) is 19.8. The van der Waals surface area contributed by atoms with Crippen molar-refractivity contribution in [2.75, 3.05) is 6.61 Å². The minimum Gasteiger partial charge on any atom is -0.490 e. The zero-order valence-corrected chi connectivity index (χ0v) is 15.8. The summed E-state index contributed by atoms with van der Waals surface area (Å²) in [5.41, 5.74) is 2.37. The molecule has 146 valence electrons. The van der Waals surface area contributed by atoms with Crippen molar-refractivity contribution in [2.24, 2.45) is 0 Å². The van der Waals surface area contributed by atoms with Crippen molar-refractivity contribution >= 4 is 0 Å². The molecule has 3 aromatic carbocycles. The number of rotatable bonds is 9. The van der Waals surface area contributed by atoms with Crippen LogP contribution in [0.4, 0.5) is 8.78 Å². The number of hydrogen-bond acceptors (Lipinski definition) is 3. The van der Waals surface area contributed by atoms with Crippen LogP contribution in [0.2, 0.25) is 0 Å². The summed E-state index contributed by atoms with van der Waals surface area (Å²) in [6, 6.07) is 18.6. The van der Waals surface area contributed by atoms with E-state index in [0.717, 1.165) is 11.1 Å². The fourth-order valence-corrected chi connectivity index (χ4v) is 2.84. The van der Waals surface area contributed by atoms with Gasteiger partial charge in [-0.1, -0.05) is 42.5 Å². The fourth-order valence-electron chi connectivity index (χ4n) is 2.84. The lowest BCUT2D eigenvalue weighted by atomic mass is 10.1. The molecule has 0 radical (unpaired) electrons. The first-order valence-corrected chi connectivity index (χ1v) is 9.23. The Balaban J connectivity index is 1.71. The summed E-state index contributed by atoms with van der Waals surface area (Å²) >= 11 is 0. The Labute approximate surface area is 163 Å². The van der Waals surface area contributed by atoms with Gasteiger partial charge in [0.15, 0.2) is 11.5 Å². The van der Waals surface area contributed by atoms with Crippen LogP contribution in [-0.2, 0) is 19.7 Å². The summed E-state index contributed by atoms with van der Waals surface area (Å²) in [6.07, 6.45) is 0. The van der Waals surface area contributed by atoms with E-state index in [0.29, 0.717) is 36.8 Å². The molecule has 0 aliphatic carbocycles. The molecule has 0 saturated carbocycles. The van der Waals surface area contributed by atoms with E-state index in [1.165, 1.54) is 18.2 Å². The largest absolute Gasteiger partial charge is 0.490 e. The first kappa shape index (κ1) is 19.8. The number of halogens is 2. The Morgan fingerprint density at radius 2 is 1.54 bits per heavy atom. The second-order valence-electron chi connectivity index (χ2n) is 6.29. The maximum absolute atomic E-state index is 13.9. The third-order valence-corrected chi connectivity index (χ3v) is 4.25. The highest BCUT2D eigenvalue weighted by molar-refractivity contribution is 5.47. The fraction of sp³-hybridized carbons (Fsp3) is 0.217. The average molecular weight is 383 g/mol. The van der Waals surface area contributed by atoms with Crippen LogP contribution in [0.25, 0.3) is 0 Å². The van der Waals surface area contributed by atoms with Crippen LogP contribution in [0.1, 0.15) is 23.6 Å². The van der Waals surface area contributed by atoms with Crippen molar-refractivity contribution in [1.29, 1.82) is 0 Å². The topological polar surface area (TPSA) is 30.5 Å². The van der Waals surface area contributed by atoms with Gasteiger partial charge in [0.2, 0.25) is 0 Å². The molecule has 0 unspecified atom stereocenters. The second-order valence-corrected chi connectivity index (χ2v) is 6.29. The molecule has 0 heterocycles. The molecule has 0 spiro atoms. The van der Waals surface area contributed by atoms with Gasteiger partial charge in [-0.15, -0.1) is 0 Å². The molecule has 0 saturated heterocycles. The summed E-state index contributed by atoms with van der Waals surface area (Å²) in [6.45, 7) is 3.64. The SMILES string of the molecule is CCOc1cccc(CNCc2ccc(F)cc2)c1OCc1ccccc1F. The molecule has 0 aromatic heterocycles. The van der Waals surface area contributed by atoms with Gasteiger partial charge < -0.3 is 14.8 Å². The monoisotopic (exact) mass is 383 g/mol. The summed E-state index contributed by atoms with van der Waals surface area (Å²) in [7, 11) is 0. The number of benzene rings is 3. The molecule has 3 nitrogen and oxygen atoms in total. The predicted octanol–water partition coefficient (Wildman–Crippen LogP) is 5.23. The van der Waals surface area contributed by atoms with Gasteiger partial charge >= 0.3 is 0 Å². The molecule has 0 atom stereocenters. The molecule has 28 heavy (non-hydrogen) atoms. The smallest absolute Gasteiger partial charge is 0.166 e. The minimum atomic E-state index is -0.299. The maximum Gasteiger partial charge on any atom is 0.166 e. The highest BCUT2D eigenvalue weighted by atomic mass is 19.1. The quantitative estimate of drug-likeness (QED) is 0.549. The van der Waals surface area contributed by atoms with E-state index in [2.05, 4.69) is 5.32 Å². The van der Waals surface area contributed by atoms with Gasteiger partial charge in [-0.25, -0.2) is 8.78 Å². The third kappa shape index (κ3) is 5.30. The van der Waals surface area contributed by atoms with Gasteiger partial charge in [-0.3, -0.25) is 0 Å². The van der Waals surface area contributed by atoms with Gasteiger partial charge in [0.05, 0.1) is 6.61 Å². The van der Waals surface area contributed by atoms with Gasteiger partial charge in [0.25, 0.3) is 0 Å². The minimum absolute atomic E-state index is 0.113. The van der Waals surface area contributed by atoms with Crippen LogP contribution in [0.3, 0.4) is 0 Å². The van der Waals surface area contributed by atoms with Crippen molar-refractivity contribution in [3.05, 3.63) is 95.1 Å². The van der Waals surface area contributed by atoms with Crippen molar-refractivity contribution in [2.45, 2.75) is 26.6 Å². The van der Waals surface area contributed by atoms with E-state index in [-0.39, 0.29) is 18.2 Å². The third-order valence-electron chi connectivity index (χ3n) is 4.25. The highest BCUT2D eigenvalue weighted by Crippen LogP contribution is 2.32. The zero-order valence-electron chi connectivity index (χ0n) is 15.8. The normalized spacial score (nSPS) is 10.7. The number of hydrogen-bond donors (Lipinski definition) is 1. The summed E-state index contributed by atoms with van der Waals surface area (Å²) in [5, 5.41) is 3.32. The molecule has 1 N–H and O–H groups in total. The van der Waals surface area contributed by atoms with Gasteiger partial charge in [0.1, 0.15) is 18.2 Å². The number of nitrogens with one attached hydrogen (secondary N) is 1. The molecule has 3 aromatic rings. The van der Waals surface area contributed by atoms with E-state index < -0.39 is 0 Å². The Hall–Kier alpha value is -2.92. The van der Waals surface area contributed by atoms with Crippen LogP contribution < -0.4 is 14.8 Å². The van der Waals surface area contributed by atoms with Crippen molar-refractivity contribution in [3.8, 4) is 11.5 Å². The number of ether oxygens (including phenoxy) is 2. The Kier molecular flexibility index (Phi) is 6.98. The number of para-hydroxylation sites is 1. The van der Waals surface area contributed by atoms with E-state index in [4.69, 9.17) is 9.47 Å². The lowest BCUT2D eigenvalue weighted by molar-refractivity contribution is 0.262. The average Bonchev–Trinajstić information content (AvgIpc) is 2.70. The molecule has 0 fully saturated rings. The van der Waals surface area contributed by atoms with Gasteiger partial charge in [0, 0.05) is 24.2 Å². The standard InChI is InChI=1S/C23H23F2NO2/c1-2-27-22-9-5-7-18(15-26-14-17-10-12-20(24)13-11-17)23(22)28-16-19-6-3-4-8-21(19)25/h3-13,26H,2,14-16H2,1H3. The molecule has 0 amide bonds. The molecule has 0 bridgehead atoms. The van der Waals surface area contributed by atoms with Crippen LogP contribution >= 0.6 is 0 Å². The summed E-state index contributed by atoms with van der Waals surface area (Å²) < 4.78 is 38.6. The van der Waals surface area contributed by atoms with Crippen LogP contribution in [0.15, 0.2) is 66.7 Å². The molecule has 5 heteroatoms. The first-order chi connectivity index (χ1) is 13.7. The molecular formula is C23H23F2NO2.